The van der Waals surface area contributed by atoms with Crippen LogP contribution < -0.4 is 4.74 Å². The molecule has 0 amide bonds. The summed E-state index contributed by atoms with van der Waals surface area (Å²) < 4.78 is 5.68. The average molecular weight is 278 g/mol. The Morgan fingerprint density at radius 1 is 1.19 bits per heavy atom. The Hall–Kier alpha value is -1.35. The van der Waals surface area contributed by atoms with Crippen LogP contribution in [0.3, 0.4) is 0 Å². The minimum atomic E-state index is 0.624. The van der Waals surface area contributed by atoms with Crippen LogP contribution in [0.25, 0.3) is 0 Å². The summed E-state index contributed by atoms with van der Waals surface area (Å²) in [6.45, 7) is 2.02. The van der Waals surface area contributed by atoms with E-state index in [4.69, 9.17) is 4.74 Å². The molecule has 0 aliphatic rings. The van der Waals surface area contributed by atoms with Crippen molar-refractivity contribution in [2.24, 2.45) is 0 Å². The van der Waals surface area contributed by atoms with Crippen LogP contribution in [0.2, 0.25) is 0 Å². The van der Waals surface area contributed by atoms with E-state index in [0.29, 0.717) is 5.88 Å². The maximum atomic E-state index is 5.68. The minimum absolute atomic E-state index is 0.624. The van der Waals surface area contributed by atoms with Crippen molar-refractivity contribution in [2.45, 2.75) is 12.3 Å². The fourth-order valence-electron chi connectivity index (χ4n) is 1.33. The van der Waals surface area contributed by atoms with Crippen LogP contribution in [0.4, 0.5) is 0 Å². The largest absolute Gasteiger partial charge is 0.439 e. The van der Waals surface area contributed by atoms with Gasteiger partial charge in [0.15, 0.2) is 0 Å². The number of para-hydroxylation sites is 1. The molecule has 2 aromatic rings. The summed E-state index contributed by atoms with van der Waals surface area (Å²) in [4.78, 5) is 4.23. The van der Waals surface area contributed by atoms with E-state index in [2.05, 4.69) is 20.9 Å². The van der Waals surface area contributed by atoms with Gasteiger partial charge in [-0.2, -0.15) is 0 Å². The van der Waals surface area contributed by atoms with Crippen LogP contribution in [0.15, 0.2) is 42.6 Å². The SMILES string of the molecule is Cc1ccccc1Oc1ccc(CBr)cn1. The highest BCUT2D eigenvalue weighted by atomic mass is 79.9. The van der Waals surface area contributed by atoms with Crippen LogP contribution in [0, 0.1) is 6.92 Å². The molecule has 3 heteroatoms. The zero-order valence-electron chi connectivity index (χ0n) is 8.98. The molecular weight excluding hydrogens is 266 g/mol. The number of benzene rings is 1. The quantitative estimate of drug-likeness (QED) is 0.789. The lowest BCUT2D eigenvalue weighted by Gasteiger charge is -2.07. The molecule has 1 aromatic carbocycles. The fourth-order valence-corrected chi connectivity index (χ4v) is 1.67. The van der Waals surface area contributed by atoms with Crippen LogP contribution >= 0.6 is 15.9 Å². The number of hydrogen-bond donors (Lipinski definition) is 0. The Morgan fingerprint density at radius 3 is 2.62 bits per heavy atom. The molecule has 0 aliphatic carbocycles. The average Bonchev–Trinajstić information content (AvgIpc) is 2.33. The predicted octanol–water partition coefficient (Wildman–Crippen LogP) is 4.08. The first-order chi connectivity index (χ1) is 7.79. The molecule has 2 nitrogen and oxygen atoms in total. The summed E-state index contributed by atoms with van der Waals surface area (Å²) in [6.07, 6.45) is 1.81. The van der Waals surface area contributed by atoms with Gasteiger partial charge < -0.3 is 4.74 Å². The number of rotatable bonds is 3. The number of aromatic nitrogens is 1. The second-order valence-corrected chi connectivity index (χ2v) is 4.07. The van der Waals surface area contributed by atoms with Crippen molar-refractivity contribution in [1.82, 2.24) is 4.98 Å². The smallest absolute Gasteiger partial charge is 0.219 e. The molecule has 1 aromatic heterocycles. The monoisotopic (exact) mass is 277 g/mol. The van der Waals surface area contributed by atoms with E-state index < -0.39 is 0 Å². The molecular formula is C13H12BrNO. The molecule has 2 rings (SSSR count). The summed E-state index contributed by atoms with van der Waals surface area (Å²) >= 11 is 3.38. The molecule has 0 radical (unpaired) electrons. The summed E-state index contributed by atoms with van der Waals surface area (Å²) in [6, 6.07) is 11.8. The molecule has 0 saturated heterocycles. The second-order valence-electron chi connectivity index (χ2n) is 3.51. The van der Waals surface area contributed by atoms with Gasteiger partial charge in [-0.3, -0.25) is 0 Å². The van der Waals surface area contributed by atoms with Crippen molar-refractivity contribution >= 4 is 15.9 Å². The maximum absolute atomic E-state index is 5.68. The van der Waals surface area contributed by atoms with Crippen molar-refractivity contribution in [2.75, 3.05) is 0 Å². The summed E-state index contributed by atoms with van der Waals surface area (Å²) in [5.74, 6) is 1.47. The molecule has 1 heterocycles. The summed E-state index contributed by atoms with van der Waals surface area (Å²) in [7, 11) is 0. The van der Waals surface area contributed by atoms with Gasteiger partial charge >= 0.3 is 0 Å². The number of hydrogen-bond acceptors (Lipinski definition) is 2. The van der Waals surface area contributed by atoms with Gasteiger partial charge in [0.25, 0.3) is 0 Å². The second kappa shape index (κ2) is 5.12. The van der Waals surface area contributed by atoms with Gasteiger partial charge in [0.05, 0.1) is 0 Å². The van der Waals surface area contributed by atoms with Gasteiger partial charge in [0.2, 0.25) is 5.88 Å². The highest BCUT2D eigenvalue weighted by Gasteiger charge is 2.01. The third-order valence-electron chi connectivity index (χ3n) is 2.26. The molecule has 16 heavy (non-hydrogen) atoms. The molecule has 0 saturated carbocycles. The first-order valence-corrected chi connectivity index (χ1v) is 6.16. The normalized spacial score (nSPS) is 10.1. The van der Waals surface area contributed by atoms with E-state index in [0.717, 1.165) is 22.2 Å². The zero-order valence-corrected chi connectivity index (χ0v) is 10.6. The minimum Gasteiger partial charge on any atom is -0.439 e. The predicted molar refractivity (Wildman–Crippen MR) is 68.1 cm³/mol. The van der Waals surface area contributed by atoms with Gasteiger partial charge in [-0.15, -0.1) is 0 Å². The number of nitrogens with zero attached hydrogens (tertiary/aromatic N) is 1. The van der Waals surface area contributed by atoms with Crippen LogP contribution in [-0.4, -0.2) is 4.98 Å². The van der Waals surface area contributed by atoms with Crippen LogP contribution in [0.1, 0.15) is 11.1 Å². The molecule has 0 aliphatic heterocycles. The highest BCUT2D eigenvalue weighted by molar-refractivity contribution is 9.08. The number of ether oxygens (including phenoxy) is 1. The van der Waals surface area contributed by atoms with Crippen molar-refractivity contribution in [3.05, 3.63) is 53.7 Å². The Morgan fingerprint density at radius 2 is 2.00 bits per heavy atom. The molecule has 82 valence electrons. The first-order valence-electron chi connectivity index (χ1n) is 5.04. The van der Waals surface area contributed by atoms with Crippen LogP contribution in [-0.2, 0) is 5.33 Å². The lowest BCUT2D eigenvalue weighted by molar-refractivity contribution is 0.459. The van der Waals surface area contributed by atoms with Crippen molar-refractivity contribution in [3.8, 4) is 11.6 Å². The summed E-state index contributed by atoms with van der Waals surface area (Å²) in [5.41, 5.74) is 2.24. The van der Waals surface area contributed by atoms with E-state index in [1.165, 1.54) is 0 Å². The Bertz CT molecular complexity index is 468. The highest BCUT2D eigenvalue weighted by Crippen LogP contribution is 2.23. The van der Waals surface area contributed by atoms with E-state index in [-0.39, 0.29) is 0 Å². The number of aryl methyl sites for hydroxylation is 1. The topological polar surface area (TPSA) is 22.1 Å². The molecule has 0 N–H and O–H groups in total. The van der Waals surface area contributed by atoms with Gasteiger partial charge in [0, 0.05) is 17.6 Å². The number of halogens is 1. The van der Waals surface area contributed by atoms with Crippen molar-refractivity contribution in [1.29, 1.82) is 0 Å². The van der Waals surface area contributed by atoms with Crippen LogP contribution in [0.5, 0.6) is 11.6 Å². The molecule has 0 bridgehead atoms. The van der Waals surface area contributed by atoms with Gasteiger partial charge in [-0.05, 0) is 24.1 Å². The molecule has 0 unspecified atom stereocenters. The zero-order chi connectivity index (χ0) is 11.4. The number of pyridine rings is 1. The van der Waals surface area contributed by atoms with Crippen molar-refractivity contribution < 1.29 is 4.74 Å². The molecule has 0 spiro atoms. The lowest BCUT2D eigenvalue weighted by Crippen LogP contribution is -1.90. The Balaban J connectivity index is 2.18. The third-order valence-corrected chi connectivity index (χ3v) is 2.91. The third kappa shape index (κ3) is 2.61. The maximum Gasteiger partial charge on any atom is 0.219 e. The first kappa shape index (κ1) is 11.1. The van der Waals surface area contributed by atoms with Crippen molar-refractivity contribution in [3.63, 3.8) is 0 Å². The Labute approximate surface area is 103 Å². The van der Waals surface area contributed by atoms with Gasteiger partial charge in [0.1, 0.15) is 5.75 Å². The van der Waals surface area contributed by atoms with E-state index in [1.807, 2.05) is 49.5 Å². The van der Waals surface area contributed by atoms with E-state index in [1.54, 1.807) is 0 Å². The van der Waals surface area contributed by atoms with E-state index in [9.17, 15) is 0 Å². The molecule has 0 atom stereocenters. The molecule has 0 fully saturated rings. The van der Waals surface area contributed by atoms with E-state index >= 15 is 0 Å². The lowest BCUT2D eigenvalue weighted by atomic mass is 10.2. The fraction of sp³-hybridized carbons (Fsp3) is 0.154. The van der Waals surface area contributed by atoms with Gasteiger partial charge in [-0.25, -0.2) is 4.98 Å². The van der Waals surface area contributed by atoms with Gasteiger partial charge in [-0.1, -0.05) is 40.2 Å². The Kier molecular flexibility index (Phi) is 3.57. The summed E-state index contributed by atoms with van der Waals surface area (Å²) in [5, 5.41) is 0.810. The number of alkyl halides is 1. The standard InChI is InChI=1S/C13H12BrNO/c1-10-4-2-3-5-12(10)16-13-7-6-11(8-14)9-15-13/h2-7,9H,8H2,1H3.